The maximum absolute atomic E-state index is 5.70. The maximum Gasteiger partial charge on any atom is 0.157 e. The first-order chi connectivity index (χ1) is 5.86. The molecule has 2 atom stereocenters. The second-order valence-corrected chi connectivity index (χ2v) is 3.18. The highest BCUT2D eigenvalue weighted by atomic mass is 16.7. The highest BCUT2D eigenvalue weighted by Gasteiger charge is 2.16. The number of methoxy groups -OCH3 is 1. The fourth-order valence-electron chi connectivity index (χ4n) is 1.47. The minimum Gasteiger partial charge on any atom is -0.356 e. The van der Waals surface area contributed by atoms with E-state index in [1.807, 2.05) is 0 Å². The van der Waals surface area contributed by atoms with Crippen LogP contribution >= 0.6 is 0 Å². The van der Waals surface area contributed by atoms with Crippen molar-refractivity contribution in [3.05, 3.63) is 0 Å². The van der Waals surface area contributed by atoms with Crippen LogP contribution in [0.3, 0.4) is 0 Å². The monoisotopic (exact) mass is 173 g/mol. The van der Waals surface area contributed by atoms with Crippen molar-refractivity contribution in [3.63, 3.8) is 0 Å². The fraction of sp³-hybridized carbons (Fsp3) is 1.00. The Labute approximate surface area is 74.4 Å². The summed E-state index contributed by atoms with van der Waals surface area (Å²) in [5.41, 5.74) is 0. The molecule has 0 aromatic carbocycles. The van der Waals surface area contributed by atoms with Gasteiger partial charge in [-0.2, -0.15) is 0 Å². The number of hydrogen-bond donors (Lipinski definition) is 1. The third-order valence-electron chi connectivity index (χ3n) is 2.19. The third kappa shape index (κ3) is 3.09. The van der Waals surface area contributed by atoms with Crippen LogP contribution in [0.2, 0.25) is 0 Å². The summed E-state index contributed by atoms with van der Waals surface area (Å²) in [6.45, 7) is 4.17. The van der Waals surface area contributed by atoms with E-state index in [9.17, 15) is 0 Å². The zero-order chi connectivity index (χ0) is 8.81. The molecule has 1 rings (SSSR count). The van der Waals surface area contributed by atoms with Gasteiger partial charge in [-0.3, -0.25) is 0 Å². The molecule has 0 spiro atoms. The predicted molar refractivity (Wildman–Crippen MR) is 48.1 cm³/mol. The molecular formula is C9H19NO2. The summed E-state index contributed by atoms with van der Waals surface area (Å²) < 4.78 is 10.9. The van der Waals surface area contributed by atoms with Gasteiger partial charge < -0.3 is 14.8 Å². The van der Waals surface area contributed by atoms with Crippen LogP contribution in [0.15, 0.2) is 0 Å². The van der Waals surface area contributed by atoms with Crippen LogP contribution in [0.5, 0.6) is 0 Å². The van der Waals surface area contributed by atoms with E-state index in [-0.39, 0.29) is 6.29 Å². The highest BCUT2D eigenvalue weighted by Crippen LogP contribution is 2.10. The molecule has 1 fully saturated rings. The van der Waals surface area contributed by atoms with Gasteiger partial charge >= 0.3 is 0 Å². The van der Waals surface area contributed by atoms with Crippen molar-refractivity contribution >= 4 is 0 Å². The van der Waals surface area contributed by atoms with Crippen LogP contribution in [0, 0.1) is 0 Å². The van der Waals surface area contributed by atoms with E-state index in [4.69, 9.17) is 9.47 Å². The highest BCUT2D eigenvalue weighted by molar-refractivity contribution is 4.69. The third-order valence-corrected chi connectivity index (χ3v) is 2.19. The lowest BCUT2D eigenvalue weighted by molar-refractivity contribution is -0.159. The van der Waals surface area contributed by atoms with Crippen LogP contribution in [0.1, 0.15) is 26.2 Å². The van der Waals surface area contributed by atoms with E-state index >= 15 is 0 Å². The Hall–Kier alpha value is -0.120. The van der Waals surface area contributed by atoms with Gasteiger partial charge in [0.15, 0.2) is 6.29 Å². The molecule has 0 bridgehead atoms. The first-order valence-electron chi connectivity index (χ1n) is 4.75. The van der Waals surface area contributed by atoms with Gasteiger partial charge in [0.05, 0.1) is 6.10 Å². The molecule has 0 aromatic heterocycles. The molecule has 3 heteroatoms. The molecule has 3 nitrogen and oxygen atoms in total. The van der Waals surface area contributed by atoms with Crippen molar-refractivity contribution in [3.8, 4) is 0 Å². The molecule has 1 saturated heterocycles. The second-order valence-electron chi connectivity index (χ2n) is 3.18. The zero-order valence-corrected chi connectivity index (χ0v) is 8.01. The summed E-state index contributed by atoms with van der Waals surface area (Å²) in [6, 6.07) is 0. The molecule has 0 saturated carbocycles. The lowest BCUT2D eigenvalue weighted by atomic mass is 10.1. The summed E-state index contributed by atoms with van der Waals surface area (Å²) in [5, 5.41) is 3.31. The van der Waals surface area contributed by atoms with Gasteiger partial charge in [0.1, 0.15) is 0 Å². The Morgan fingerprint density at radius 2 is 2.42 bits per heavy atom. The molecule has 0 amide bonds. The Balaban J connectivity index is 2.18. The van der Waals surface area contributed by atoms with Gasteiger partial charge in [0.2, 0.25) is 0 Å². The fourth-order valence-corrected chi connectivity index (χ4v) is 1.47. The quantitative estimate of drug-likeness (QED) is 0.647. The van der Waals surface area contributed by atoms with Crippen molar-refractivity contribution < 1.29 is 9.47 Å². The normalized spacial score (nSPS) is 27.0. The van der Waals surface area contributed by atoms with Gasteiger partial charge in [-0.1, -0.05) is 6.92 Å². The van der Waals surface area contributed by atoms with Crippen molar-refractivity contribution in [2.75, 3.05) is 20.2 Å². The number of ether oxygens (including phenoxy) is 2. The molecular weight excluding hydrogens is 154 g/mol. The van der Waals surface area contributed by atoms with Gasteiger partial charge in [0, 0.05) is 13.7 Å². The molecule has 0 aromatic rings. The minimum absolute atomic E-state index is 0.0186. The van der Waals surface area contributed by atoms with E-state index in [1.54, 1.807) is 7.11 Å². The second kappa shape index (κ2) is 5.51. The van der Waals surface area contributed by atoms with E-state index in [1.165, 1.54) is 6.42 Å². The Kier molecular flexibility index (Phi) is 4.58. The van der Waals surface area contributed by atoms with Crippen molar-refractivity contribution in [2.45, 2.75) is 38.6 Å². The molecule has 2 unspecified atom stereocenters. The molecule has 1 N–H and O–H groups in total. The first-order valence-corrected chi connectivity index (χ1v) is 4.75. The largest absolute Gasteiger partial charge is 0.356 e. The van der Waals surface area contributed by atoms with E-state index < -0.39 is 0 Å². The summed E-state index contributed by atoms with van der Waals surface area (Å²) >= 11 is 0. The SMILES string of the molecule is CCC(OC)OC1CCCNC1. The average molecular weight is 173 g/mol. The van der Waals surface area contributed by atoms with Gasteiger partial charge in [-0.15, -0.1) is 0 Å². The molecule has 1 aliphatic heterocycles. The minimum atomic E-state index is -0.0186. The van der Waals surface area contributed by atoms with Gasteiger partial charge in [-0.25, -0.2) is 0 Å². The molecule has 1 aliphatic rings. The van der Waals surface area contributed by atoms with E-state index in [0.29, 0.717) is 6.10 Å². The summed E-state index contributed by atoms with van der Waals surface area (Å²) in [4.78, 5) is 0. The number of piperidine rings is 1. The summed E-state index contributed by atoms with van der Waals surface area (Å²) in [5.74, 6) is 0. The van der Waals surface area contributed by atoms with Crippen molar-refractivity contribution in [1.29, 1.82) is 0 Å². The van der Waals surface area contributed by atoms with E-state index in [2.05, 4.69) is 12.2 Å². The average Bonchev–Trinajstić information content (AvgIpc) is 2.16. The van der Waals surface area contributed by atoms with Crippen molar-refractivity contribution in [1.82, 2.24) is 5.32 Å². The van der Waals surface area contributed by atoms with Gasteiger partial charge in [-0.05, 0) is 25.8 Å². The molecule has 0 aliphatic carbocycles. The predicted octanol–water partition coefficient (Wildman–Crippen LogP) is 1.14. The number of hydrogen-bond acceptors (Lipinski definition) is 3. The first kappa shape index (κ1) is 9.96. The molecule has 72 valence electrons. The van der Waals surface area contributed by atoms with E-state index in [0.717, 1.165) is 25.9 Å². The number of nitrogens with one attached hydrogen (secondary N) is 1. The molecule has 0 radical (unpaired) electrons. The van der Waals surface area contributed by atoms with Crippen LogP contribution < -0.4 is 5.32 Å². The standard InChI is InChI=1S/C9H19NO2/c1-3-9(11-2)12-8-5-4-6-10-7-8/h8-10H,3-7H2,1-2H3. The van der Waals surface area contributed by atoms with Gasteiger partial charge in [0.25, 0.3) is 0 Å². The van der Waals surface area contributed by atoms with Crippen LogP contribution in [0.4, 0.5) is 0 Å². The molecule has 1 heterocycles. The maximum atomic E-state index is 5.70. The van der Waals surface area contributed by atoms with Crippen molar-refractivity contribution in [2.24, 2.45) is 0 Å². The Morgan fingerprint density at radius 3 is 2.92 bits per heavy atom. The summed E-state index contributed by atoms with van der Waals surface area (Å²) in [6.07, 6.45) is 3.63. The van der Waals surface area contributed by atoms with Crippen LogP contribution in [0.25, 0.3) is 0 Å². The lowest BCUT2D eigenvalue weighted by Gasteiger charge is -2.26. The topological polar surface area (TPSA) is 30.5 Å². The number of rotatable bonds is 4. The Morgan fingerprint density at radius 1 is 1.58 bits per heavy atom. The van der Waals surface area contributed by atoms with Crippen LogP contribution in [-0.2, 0) is 9.47 Å². The summed E-state index contributed by atoms with van der Waals surface area (Å²) in [7, 11) is 1.70. The smallest absolute Gasteiger partial charge is 0.157 e. The molecule has 12 heavy (non-hydrogen) atoms. The Bertz CT molecular complexity index is 109. The van der Waals surface area contributed by atoms with Crippen LogP contribution in [-0.4, -0.2) is 32.6 Å². The lowest BCUT2D eigenvalue weighted by Crippen LogP contribution is -2.37. The zero-order valence-electron chi connectivity index (χ0n) is 8.01.